The molecule has 1 N–H and O–H groups in total. The summed E-state index contributed by atoms with van der Waals surface area (Å²) in [6, 6.07) is 6.56. The molecule has 1 heterocycles. The Morgan fingerprint density at radius 2 is 2.11 bits per heavy atom. The van der Waals surface area contributed by atoms with Crippen LogP contribution in [0.25, 0.3) is 0 Å². The number of para-hydroxylation sites is 1. The first kappa shape index (κ1) is 11.8. The predicted molar refractivity (Wildman–Crippen MR) is 62.2 cm³/mol. The molecule has 0 spiro atoms. The van der Waals surface area contributed by atoms with Crippen LogP contribution >= 0.6 is 0 Å². The van der Waals surface area contributed by atoms with Crippen molar-refractivity contribution in [2.75, 3.05) is 12.4 Å². The van der Waals surface area contributed by atoms with Crippen molar-refractivity contribution >= 4 is 17.6 Å². The molecule has 0 bridgehead atoms. The largest absolute Gasteiger partial charge is 0.465 e. The van der Waals surface area contributed by atoms with Crippen LogP contribution in [0, 0.1) is 0 Å². The summed E-state index contributed by atoms with van der Waals surface area (Å²) in [4.78, 5) is 23.3. The zero-order valence-corrected chi connectivity index (χ0v) is 9.54. The molecule has 0 saturated heterocycles. The number of hydrogen-bond donors (Lipinski definition) is 1. The minimum Gasteiger partial charge on any atom is -0.465 e. The highest BCUT2D eigenvalue weighted by atomic mass is 16.5. The second kappa shape index (κ2) is 5.13. The van der Waals surface area contributed by atoms with E-state index in [1.54, 1.807) is 24.3 Å². The summed E-state index contributed by atoms with van der Waals surface area (Å²) >= 11 is 0. The second-order valence-corrected chi connectivity index (χ2v) is 3.40. The number of benzene rings is 1. The molecule has 92 valence electrons. The minimum absolute atomic E-state index is 0.273. The smallest absolute Gasteiger partial charge is 0.339 e. The average Bonchev–Trinajstić information content (AvgIpc) is 2.92. The number of ether oxygens (including phenoxy) is 1. The molecule has 1 aromatic heterocycles. The maximum Gasteiger partial charge on any atom is 0.339 e. The van der Waals surface area contributed by atoms with Gasteiger partial charge in [0, 0.05) is 0 Å². The highest BCUT2D eigenvalue weighted by molar-refractivity contribution is 6.07. The lowest BCUT2D eigenvalue weighted by molar-refractivity contribution is 0.0602. The molecule has 0 atom stereocenters. The normalized spacial score (nSPS) is 9.83. The Morgan fingerprint density at radius 1 is 1.33 bits per heavy atom. The summed E-state index contributed by atoms with van der Waals surface area (Å²) in [5.41, 5.74) is 0.926. The van der Waals surface area contributed by atoms with E-state index < -0.39 is 11.9 Å². The Hall–Kier alpha value is -2.63. The Balaban J connectivity index is 2.24. The number of carbonyl (C=O) groups is 2. The van der Waals surface area contributed by atoms with Gasteiger partial charge in [-0.25, -0.2) is 4.79 Å². The number of nitrogens with zero attached hydrogens (tertiary/aromatic N) is 1. The third-order valence-electron chi connectivity index (χ3n) is 2.28. The number of aromatic nitrogens is 1. The van der Waals surface area contributed by atoms with E-state index in [1.165, 1.54) is 19.6 Å². The first-order valence-corrected chi connectivity index (χ1v) is 5.10. The minimum atomic E-state index is -0.517. The number of amides is 1. The third-order valence-corrected chi connectivity index (χ3v) is 2.28. The van der Waals surface area contributed by atoms with Gasteiger partial charge in [-0.15, -0.1) is 0 Å². The van der Waals surface area contributed by atoms with Crippen LogP contribution in [0.5, 0.6) is 0 Å². The number of carbonyl (C=O) groups excluding carboxylic acids is 2. The van der Waals surface area contributed by atoms with Crippen LogP contribution < -0.4 is 5.32 Å². The molecule has 0 saturated carbocycles. The molecule has 0 fully saturated rings. The molecule has 0 radical (unpaired) electrons. The lowest BCUT2D eigenvalue weighted by atomic mass is 10.1. The van der Waals surface area contributed by atoms with Crippen molar-refractivity contribution in [1.29, 1.82) is 0 Å². The van der Waals surface area contributed by atoms with Crippen LogP contribution in [0.1, 0.15) is 20.7 Å². The van der Waals surface area contributed by atoms with Gasteiger partial charge in [0.1, 0.15) is 6.26 Å². The van der Waals surface area contributed by atoms with E-state index in [0.29, 0.717) is 5.69 Å². The first-order valence-electron chi connectivity index (χ1n) is 5.10. The zero-order chi connectivity index (χ0) is 13.0. The van der Waals surface area contributed by atoms with Gasteiger partial charge in [-0.3, -0.25) is 4.79 Å². The summed E-state index contributed by atoms with van der Waals surface area (Å²) < 4.78 is 9.20. The molecule has 0 aliphatic heterocycles. The first-order chi connectivity index (χ1) is 8.72. The van der Waals surface area contributed by atoms with Gasteiger partial charge < -0.3 is 14.6 Å². The van der Waals surface area contributed by atoms with Gasteiger partial charge >= 0.3 is 5.97 Å². The SMILES string of the molecule is COC(=O)c1ccccc1NC(=O)c1cnoc1. The average molecular weight is 246 g/mol. The van der Waals surface area contributed by atoms with Crippen LogP contribution in [0.4, 0.5) is 5.69 Å². The van der Waals surface area contributed by atoms with Crippen LogP contribution in [-0.4, -0.2) is 24.1 Å². The van der Waals surface area contributed by atoms with E-state index in [1.807, 2.05) is 0 Å². The quantitative estimate of drug-likeness (QED) is 0.834. The van der Waals surface area contributed by atoms with Gasteiger partial charge in [-0.1, -0.05) is 17.3 Å². The molecular weight excluding hydrogens is 236 g/mol. The van der Waals surface area contributed by atoms with Crippen LogP contribution in [0.3, 0.4) is 0 Å². The number of esters is 1. The fraction of sp³-hybridized carbons (Fsp3) is 0.0833. The molecule has 1 amide bonds. The van der Waals surface area contributed by atoms with Crippen molar-refractivity contribution in [3.05, 3.63) is 47.9 Å². The van der Waals surface area contributed by atoms with Gasteiger partial charge in [-0.2, -0.15) is 0 Å². The Labute approximate surface area is 103 Å². The Morgan fingerprint density at radius 3 is 2.78 bits per heavy atom. The zero-order valence-electron chi connectivity index (χ0n) is 9.54. The second-order valence-electron chi connectivity index (χ2n) is 3.40. The van der Waals surface area contributed by atoms with E-state index >= 15 is 0 Å². The van der Waals surface area contributed by atoms with Crippen molar-refractivity contribution < 1.29 is 18.8 Å². The summed E-state index contributed by atoms with van der Waals surface area (Å²) in [7, 11) is 1.28. The predicted octanol–water partition coefficient (Wildman–Crippen LogP) is 1.71. The van der Waals surface area contributed by atoms with Gasteiger partial charge in [-0.05, 0) is 12.1 Å². The lowest BCUT2D eigenvalue weighted by Gasteiger charge is -2.08. The molecule has 6 heteroatoms. The maximum atomic E-state index is 11.8. The summed E-state index contributed by atoms with van der Waals surface area (Å²) in [6.07, 6.45) is 2.51. The highest BCUT2D eigenvalue weighted by Crippen LogP contribution is 2.17. The van der Waals surface area contributed by atoms with Crippen molar-refractivity contribution in [1.82, 2.24) is 5.16 Å². The Kier molecular flexibility index (Phi) is 3.38. The fourth-order valence-electron chi connectivity index (χ4n) is 1.39. The molecule has 0 aliphatic rings. The topological polar surface area (TPSA) is 81.4 Å². The number of nitrogens with one attached hydrogen (secondary N) is 1. The molecule has 18 heavy (non-hydrogen) atoms. The van der Waals surface area contributed by atoms with E-state index in [0.717, 1.165) is 0 Å². The van der Waals surface area contributed by atoms with Crippen molar-refractivity contribution in [2.45, 2.75) is 0 Å². The number of methoxy groups -OCH3 is 1. The van der Waals surface area contributed by atoms with Gasteiger partial charge in [0.15, 0.2) is 0 Å². The third kappa shape index (κ3) is 2.37. The van der Waals surface area contributed by atoms with E-state index in [9.17, 15) is 9.59 Å². The standard InChI is InChI=1S/C12H10N2O4/c1-17-12(16)9-4-2-3-5-10(9)14-11(15)8-6-13-18-7-8/h2-7H,1H3,(H,14,15). The summed E-state index contributed by atoms with van der Waals surface area (Å²) in [5.74, 6) is -0.927. The number of hydrogen-bond acceptors (Lipinski definition) is 5. The van der Waals surface area contributed by atoms with Crippen LogP contribution in [0.15, 0.2) is 41.2 Å². The highest BCUT2D eigenvalue weighted by Gasteiger charge is 2.14. The van der Waals surface area contributed by atoms with Crippen molar-refractivity contribution in [2.24, 2.45) is 0 Å². The summed E-state index contributed by atoms with van der Waals surface area (Å²) in [6.45, 7) is 0. The van der Waals surface area contributed by atoms with E-state index in [4.69, 9.17) is 0 Å². The van der Waals surface area contributed by atoms with Gasteiger partial charge in [0.25, 0.3) is 5.91 Å². The lowest BCUT2D eigenvalue weighted by Crippen LogP contribution is -2.14. The Bertz CT molecular complexity index is 563. The number of anilines is 1. The van der Waals surface area contributed by atoms with E-state index in [-0.39, 0.29) is 11.1 Å². The molecule has 2 rings (SSSR count). The molecule has 6 nitrogen and oxygen atoms in total. The van der Waals surface area contributed by atoms with E-state index in [2.05, 4.69) is 19.7 Å². The maximum absolute atomic E-state index is 11.8. The van der Waals surface area contributed by atoms with Crippen LogP contribution in [-0.2, 0) is 4.74 Å². The molecule has 1 aromatic carbocycles. The van der Waals surface area contributed by atoms with Crippen LogP contribution in [0.2, 0.25) is 0 Å². The van der Waals surface area contributed by atoms with Crippen molar-refractivity contribution in [3.8, 4) is 0 Å². The molecule has 2 aromatic rings. The fourth-order valence-corrected chi connectivity index (χ4v) is 1.39. The monoisotopic (exact) mass is 246 g/mol. The van der Waals surface area contributed by atoms with Crippen molar-refractivity contribution in [3.63, 3.8) is 0 Å². The number of rotatable bonds is 3. The summed E-state index contributed by atoms with van der Waals surface area (Å²) in [5, 5.41) is 6.02. The molecule has 0 aliphatic carbocycles. The van der Waals surface area contributed by atoms with Gasteiger partial charge in [0.2, 0.25) is 0 Å². The molecular formula is C12H10N2O4. The molecule has 0 unspecified atom stereocenters. The van der Waals surface area contributed by atoms with Gasteiger partial charge in [0.05, 0.1) is 30.1 Å².